The Hall–Kier alpha value is -1.14. The van der Waals surface area contributed by atoms with Gasteiger partial charge in [-0.3, -0.25) is 4.79 Å². The first-order chi connectivity index (χ1) is 9.15. The molecule has 3 nitrogen and oxygen atoms in total. The smallest absolute Gasteiger partial charge is 0.230 e. The van der Waals surface area contributed by atoms with E-state index in [0.29, 0.717) is 17.5 Å². The van der Waals surface area contributed by atoms with Crippen molar-refractivity contribution in [3.8, 4) is 0 Å². The van der Waals surface area contributed by atoms with E-state index in [0.717, 1.165) is 31.5 Å². The molecule has 104 valence electrons. The topological polar surface area (TPSA) is 41.1 Å². The third kappa shape index (κ3) is 4.47. The highest BCUT2D eigenvalue weighted by molar-refractivity contribution is 8.00. The molecule has 0 aromatic heterocycles. The van der Waals surface area contributed by atoms with Crippen LogP contribution in [0.3, 0.4) is 0 Å². The first-order valence-corrected chi connectivity index (χ1v) is 7.21. The van der Waals surface area contributed by atoms with Gasteiger partial charge >= 0.3 is 0 Å². The minimum atomic E-state index is -0.888. The predicted molar refractivity (Wildman–Crippen MR) is 71.1 cm³/mol. The molecule has 1 aromatic rings. The Morgan fingerprint density at radius 2 is 2.26 bits per heavy atom. The molecule has 1 heterocycles. The van der Waals surface area contributed by atoms with Crippen LogP contribution in [0, 0.1) is 11.6 Å². The summed E-state index contributed by atoms with van der Waals surface area (Å²) in [5.74, 6) is -1.65. The summed E-state index contributed by atoms with van der Waals surface area (Å²) < 4.78 is 25.7. The number of amides is 1. The minimum absolute atomic E-state index is 0.0940. The van der Waals surface area contributed by atoms with Crippen molar-refractivity contribution in [1.29, 1.82) is 0 Å². The molecular weight excluding hydrogens is 270 g/mol. The summed E-state index contributed by atoms with van der Waals surface area (Å²) in [6.45, 7) is 1.63. The van der Waals surface area contributed by atoms with Crippen molar-refractivity contribution in [2.24, 2.45) is 0 Å². The van der Waals surface area contributed by atoms with Crippen LogP contribution in [0.25, 0.3) is 0 Å². The van der Waals surface area contributed by atoms with E-state index in [9.17, 15) is 13.6 Å². The number of benzene rings is 1. The fourth-order valence-corrected chi connectivity index (χ4v) is 2.69. The zero-order valence-corrected chi connectivity index (χ0v) is 11.2. The summed E-state index contributed by atoms with van der Waals surface area (Å²) in [5.41, 5.74) is 0. The van der Waals surface area contributed by atoms with Crippen LogP contribution in [-0.2, 0) is 4.79 Å². The maximum atomic E-state index is 13.0. The van der Waals surface area contributed by atoms with Crippen LogP contribution in [0.2, 0.25) is 0 Å². The summed E-state index contributed by atoms with van der Waals surface area (Å²) in [7, 11) is 0. The second-order valence-electron chi connectivity index (χ2n) is 4.46. The Morgan fingerprint density at radius 1 is 1.42 bits per heavy atom. The highest BCUT2D eigenvalue weighted by atomic mass is 32.2. The molecule has 1 atom stereocenters. The van der Waals surface area contributed by atoms with Crippen molar-refractivity contribution < 1.29 is 13.6 Å². The van der Waals surface area contributed by atoms with Gasteiger partial charge in [-0.05, 0) is 37.6 Å². The van der Waals surface area contributed by atoms with Gasteiger partial charge in [-0.25, -0.2) is 8.78 Å². The average molecular weight is 286 g/mol. The third-order valence-corrected chi connectivity index (χ3v) is 3.96. The average Bonchev–Trinajstić information content (AvgIpc) is 2.91. The van der Waals surface area contributed by atoms with E-state index in [2.05, 4.69) is 10.6 Å². The number of hydrogen-bond acceptors (Lipinski definition) is 3. The van der Waals surface area contributed by atoms with E-state index in [1.54, 1.807) is 0 Å². The van der Waals surface area contributed by atoms with Gasteiger partial charge in [0.1, 0.15) is 0 Å². The summed E-state index contributed by atoms with van der Waals surface area (Å²) in [6, 6.07) is 4.00. The molecule has 2 rings (SSSR count). The van der Waals surface area contributed by atoms with E-state index in [1.165, 1.54) is 17.8 Å². The Morgan fingerprint density at radius 3 is 2.95 bits per heavy atom. The van der Waals surface area contributed by atoms with Crippen molar-refractivity contribution >= 4 is 17.7 Å². The van der Waals surface area contributed by atoms with E-state index < -0.39 is 11.6 Å². The molecule has 0 radical (unpaired) electrons. The van der Waals surface area contributed by atoms with Crippen LogP contribution in [0.5, 0.6) is 0 Å². The highest BCUT2D eigenvalue weighted by Gasteiger charge is 2.14. The van der Waals surface area contributed by atoms with Crippen molar-refractivity contribution in [3.63, 3.8) is 0 Å². The lowest BCUT2D eigenvalue weighted by Crippen LogP contribution is -2.37. The molecule has 1 aromatic carbocycles. The predicted octanol–water partition coefficient (Wildman–Crippen LogP) is 1.93. The van der Waals surface area contributed by atoms with E-state index in [1.807, 2.05) is 0 Å². The van der Waals surface area contributed by atoms with E-state index in [-0.39, 0.29) is 11.7 Å². The zero-order chi connectivity index (χ0) is 13.7. The third-order valence-electron chi connectivity index (χ3n) is 2.97. The van der Waals surface area contributed by atoms with Crippen molar-refractivity contribution in [2.45, 2.75) is 23.8 Å². The molecule has 0 spiro atoms. The monoisotopic (exact) mass is 286 g/mol. The fraction of sp³-hybridized carbons (Fsp3) is 0.462. The summed E-state index contributed by atoms with van der Waals surface area (Å²) in [4.78, 5) is 12.1. The molecular formula is C13H16F2N2OS. The molecule has 0 saturated carbocycles. The molecule has 6 heteroatoms. The van der Waals surface area contributed by atoms with Crippen LogP contribution >= 0.6 is 11.8 Å². The second kappa shape index (κ2) is 6.86. The maximum absolute atomic E-state index is 13.0. The maximum Gasteiger partial charge on any atom is 0.230 e. The standard InChI is InChI=1S/C13H16F2N2OS/c14-11-4-3-10(6-12(11)15)19-8-13(18)17-7-9-2-1-5-16-9/h3-4,6,9,16H,1-2,5,7-8H2,(H,17,18). The number of thioether (sulfide) groups is 1. The molecule has 0 bridgehead atoms. The molecule has 0 aliphatic carbocycles. The molecule has 1 saturated heterocycles. The summed E-state index contributed by atoms with van der Waals surface area (Å²) >= 11 is 1.19. The molecule has 2 N–H and O–H groups in total. The Kier molecular flexibility index (Phi) is 5.15. The Bertz CT molecular complexity index is 450. The second-order valence-corrected chi connectivity index (χ2v) is 5.51. The molecule has 1 amide bonds. The molecule has 1 unspecified atom stereocenters. The van der Waals surface area contributed by atoms with Gasteiger partial charge in [0, 0.05) is 17.5 Å². The molecule has 1 aliphatic rings. The lowest BCUT2D eigenvalue weighted by atomic mass is 10.2. The number of rotatable bonds is 5. The van der Waals surface area contributed by atoms with Crippen LogP contribution in [0.1, 0.15) is 12.8 Å². The molecule has 1 aliphatic heterocycles. The van der Waals surface area contributed by atoms with E-state index in [4.69, 9.17) is 0 Å². The first kappa shape index (κ1) is 14.3. The van der Waals surface area contributed by atoms with Gasteiger partial charge in [0.15, 0.2) is 11.6 Å². The lowest BCUT2D eigenvalue weighted by molar-refractivity contribution is -0.118. The van der Waals surface area contributed by atoms with Crippen molar-refractivity contribution in [1.82, 2.24) is 10.6 Å². The summed E-state index contributed by atoms with van der Waals surface area (Å²) in [6.07, 6.45) is 2.22. The van der Waals surface area contributed by atoms with Gasteiger partial charge in [-0.1, -0.05) is 0 Å². The van der Waals surface area contributed by atoms with Crippen LogP contribution in [0.4, 0.5) is 8.78 Å². The fourth-order valence-electron chi connectivity index (χ4n) is 1.93. The first-order valence-electron chi connectivity index (χ1n) is 6.23. The quantitative estimate of drug-likeness (QED) is 0.813. The summed E-state index contributed by atoms with van der Waals surface area (Å²) in [5, 5.41) is 6.12. The molecule has 1 fully saturated rings. The number of halogens is 2. The number of carbonyl (C=O) groups excluding carboxylic acids is 1. The number of hydrogen-bond donors (Lipinski definition) is 2. The Balaban J connectivity index is 1.71. The van der Waals surface area contributed by atoms with Gasteiger partial charge in [0.25, 0.3) is 0 Å². The Labute approximate surface area is 115 Å². The van der Waals surface area contributed by atoms with Crippen molar-refractivity contribution in [3.05, 3.63) is 29.8 Å². The normalized spacial score (nSPS) is 18.5. The zero-order valence-electron chi connectivity index (χ0n) is 10.4. The van der Waals surface area contributed by atoms with Crippen LogP contribution in [0.15, 0.2) is 23.1 Å². The van der Waals surface area contributed by atoms with Gasteiger partial charge < -0.3 is 10.6 Å². The van der Waals surface area contributed by atoms with Gasteiger partial charge in [-0.2, -0.15) is 0 Å². The largest absolute Gasteiger partial charge is 0.354 e. The van der Waals surface area contributed by atoms with E-state index >= 15 is 0 Å². The minimum Gasteiger partial charge on any atom is -0.354 e. The molecule has 19 heavy (non-hydrogen) atoms. The highest BCUT2D eigenvalue weighted by Crippen LogP contribution is 2.20. The number of carbonyl (C=O) groups is 1. The van der Waals surface area contributed by atoms with Gasteiger partial charge in [0.05, 0.1) is 5.75 Å². The SMILES string of the molecule is O=C(CSc1ccc(F)c(F)c1)NCC1CCCN1. The number of nitrogens with one attached hydrogen (secondary N) is 2. The van der Waals surface area contributed by atoms with Crippen molar-refractivity contribution in [2.75, 3.05) is 18.8 Å². The van der Waals surface area contributed by atoms with Gasteiger partial charge in [0.2, 0.25) is 5.91 Å². The van der Waals surface area contributed by atoms with Crippen LogP contribution < -0.4 is 10.6 Å². The lowest BCUT2D eigenvalue weighted by Gasteiger charge is -2.11. The van der Waals surface area contributed by atoms with Gasteiger partial charge in [-0.15, -0.1) is 11.8 Å². The van der Waals surface area contributed by atoms with Crippen LogP contribution in [-0.4, -0.2) is 30.8 Å².